The summed E-state index contributed by atoms with van der Waals surface area (Å²) in [7, 11) is 0. The smallest absolute Gasteiger partial charge is 0.255 e. The molecule has 22 heavy (non-hydrogen) atoms. The van der Waals surface area contributed by atoms with Gasteiger partial charge in [-0.25, -0.2) is 0 Å². The number of amides is 2. The average Bonchev–Trinajstić information content (AvgIpc) is 2.50. The summed E-state index contributed by atoms with van der Waals surface area (Å²) < 4.78 is 0. The minimum atomic E-state index is -1.44. The Morgan fingerprint density at radius 1 is 1.36 bits per heavy atom. The highest BCUT2D eigenvalue weighted by molar-refractivity contribution is 5.86. The maximum Gasteiger partial charge on any atom is 0.255 e. The van der Waals surface area contributed by atoms with E-state index in [0.29, 0.717) is 19.5 Å². The van der Waals surface area contributed by atoms with Crippen LogP contribution in [-0.4, -0.2) is 53.6 Å². The highest BCUT2D eigenvalue weighted by atomic mass is 16.3. The van der Waals surface area contributed by atoms with Crippen LogP contribution in [0.4, 0.5) is 0 Å². The molecule has 1 aromatic carbocycles. The molecule has 1 aliphatic heterocycles. The van der Waals surface area contributed by atoms with Crippen molar-refractivity contribution in [3.63, 3.8) is 0 Å². The van der Waals surface area contributed by atoms with E-state index in [-0.39, 0.29) is 19.0 Å². The van der Waals surface area contributed by atoms with Crippen LogP contribution in [-0.2, 0) is 16.0 Å². The fraction of sp³-hybridized carbons (Fsp3) is 0.500. The van der Waals surface area contributed by atoms with Crippen LogP contribution in [0.3, 0.4) is 0 Å². The Labute approximate surface area is 130 Å². The maximum atomic E-state index is 12.5. The zero-order valence-electron chi connectivity index (χ0n) is 12.6. The molecule has 0 bridgehead atoms. The van der Waals surface area contributed by atoms with Crippen LogP contribution >= 0.6 is 0 Å². The van der Waals surface area contributed by atoms with Gasteiger partial charge in [-0.1, -0.05) is 30.3 Å². The van der Waals surface area contributed by atoms with Gasteiger partial charge in [0, 0.05) is 19.6 Å². The van der Waals surface area contributed by atoms with Crippen LogP contribution < -0.4 is 11.1 Å². The van der Waals surface area contributed by atoms with Crippen molar-refractivity contribution in [3.05, 3.63) is 35.9 Å². The first-order valence-electron chi connectivity index (χ1n) is 7.56. The van der Waals surface area contributed by atoms with Crippen LogP contribution in [0.5, 0.6) is 0 Å². The molecule has 1 saturated heterocycles. The molecular formula is C16H23N3O3. The molecule has 1 heterocycles. The summed E-state index contributed by atoms with van der Waals surface area (Å²) in [5, 5.41) is 13.3. The monoisotopic (exact) mass is 305 g/mol. The summed E-state index contributed by atoms with van der Waals surface area (Å²) in [5.74, 6) is -0.778. The number of carbonyl (C=O) groups is 2. The summed E-state index contributed by atoms with van der Waals surface area (Å²) in [5.41, 5.74) is 4.77. The summed E-state index contributed by atoms with van der Waals surface area (Å²) in [6.07, 6.45) is 1.91. The predicted octanol–water partition coefficient (Wildman–Crippen LogP) is -0.342. The van der Waals surface area contributed by atoms with Crippen molar-refractivity contribution in [1.82, 2.24) is 10.2 Å². The molecule has 120 valence electrons. The SMILES string of the molecule is NC(=O)CNC[C@@]1(O)CCCN(CCc2ccccc2)C1=O. The van der Waals surface area contributed by atoms with Crippen LogP contribution in [0.1, 0.15) is 18.4 Å². The number of likely N-dealkylation sites (tertiary alicyclic amines) is 1. The molecule has 1 atom stereocenters. The third-order valence-electron chi connectivity index (χ3n) is 3.93. The molecule has 0 aliphatic carbocycles. The number of piperidine rings is 1. The van der Waals surface area contributed by atoms with Gasteiger partial charge in [0.15, 0.2) is 5.60 Å². The first-order valence-corrected chi connectivity index (χ1v) is 7.56. The molecular weight excluding hydrogens is 282 g/mol. The molecule has 6 nitrogen and oxygen atoms in total. The number of aliphatic hydroxyl groups is 1. The molecule has 0 saturated carbocycles. The highest BCUT2D eigenvalue weighted by Gasteiger charge is 2.41. The lowest BCUT2D eigenvalue weighted by Gasteiger charge is -2.38. The highest BCUT2D eigenvalue weighted by Crippen LogP contribution is 2.22. The van der Waals surface area contributed by atoms with Crippen molar-refractivity contribution >= 4 is 11.8 Å². The third-order valence-corrected chi connectivity index (χ3v) is 3.93. The molecule has 1 aromatic rings. The predicted molar refractivity (Wildman–Crippen MR) is 83.0 cm³/mol. The van der Waals surface area contributed by atoms with Gasteiger partial charge < -0.3 is 21.1 Å². The average molecular weight is 305 g/mol. The Balaban J connectivity index is 1.90. The van der Waals surface area contributed by atoms with Crippen LogP contribution in [0.25, 0.3) is 0 Å². The number of benzene rings is 1. The molecule has 0 aromatic heterocycles. The van der Waals surface area contributed by atoms with Crippen molar-refractivity contribution < 1.29 is 14.7 Å². The molecule has 0 radical (unpaired) electrons. The Morgan fingerprint density at radius 2 is 2.09 bits per heavy atom. The molecule has 2 rings (SSSR count). The number of nitrogens with two attached hydrogens (primary N) is 1. The van der Waals surface area contributed by atoms with Crippen molar-refractivity contribution in [2.45, 2.75) is 24.9 Å². The van der Waals surface area contributed by atoms with Crippen molar-refractivity contribution in [2.75, 3.05) is 26.2 Å². The molecule has 6 heteroatoms. The molecule has 4 N–H and O–H groups in total. The van der Waals surface area contributed by atoms with E-state index in [0.717, 1.165) is 18.4 Å². The minimum Gasteiger partial charge on any atom is -0.379 e. The standard InChI is InChI=1S/C16H23N3O3/c17-14(20)11-18-12-16(22)8-4-9-19(15(16)21)10-7-13-5-2-1-3-6-13/h1-3,5-6,18,22H,4,7-12H2,(H2,17,20)/t16-/m0/s1. The Bertz CT molecular complexity index is 521. The fourth-order valence-corrected chi connectivity index (χ4v) is 2.74. The maximum absolute atomic E-state index is 12.5. The lowest BCUT2D eigenvalue weighted by atomic mass is 9.91. The van der Waals surface area contributed by atoms with E-state index in [1.54, 1.807) is 4.90 Å². The first-order chi connectivity index (χ1) is 10.5. The van der Waals surface area contributed by atoms with Gasteiger partial charge in [0.1, 0.15) is 0 Å². The van der Waals surface area contributed by atoms with Gasteiger partial charge in [0.25, 0.3) is 5.91 Å². The number of nitrogens with zero attached hydrogens (tertiary/aromatic N) is 1. The van der Waals surface area contributed by atoms with Crippen LogP contribution in [0, 0.1) is 0 Å². The van der Waals surface area contributed by atoms with E-state index in [2.05, 4.69) is 5.32 Å². The Hall–Kier alpha value is -1.92. The van der Waals surface area contributed by atoms with Crippen LogP contribution in [0.15, 0.2) is 30.3 Å². The summed E-state index contributed by atoms with van der Waals surface area (Å²) in [6.45, 7) is 1.25. The van der Waals surface area contributed by atoms with E-state index < -0.39 is 11.5 Å². The number of hydrogen-bond donors (Lipinski definition) is 3. The number of primary amides is 1. The van der Waals surface area contributed by atoms with E-state index in [4.69, 9.17) is 5.73 Å². The second kappa shape index (κ2) is 7.38. The number of rotatable bonds is 7. The van der Waals surface area contributed by atoms with Gasteiger partial charge in [-0.2, -0.15) is 0 Å². The van der Waals surface area contributed by atoms with Crippen LogP contribution in [0.2, 0.25) is 0 Å². The number of carbonyl (C=O) groups excluding carboxylic acids is 2. The molecule has 1 fully saturated rings. The van der Waals surface area contributed by atoms with Gasteiger partial charge in [-0.3, -0.25) is 9.59 Å². The Morgan fingerprint density at radius 3 is 2.77 bits per heavy atom. The first kappa shape index (κ1) is 16.5. The van der Waals surface area contributed by atoms with E-state index in [1.807, 2.05) is 30.3 Å². The van der Waals surface area contributed by atoms with E-state index in [1.165, 1.54) is 0 Å². The second-order valence-corrected chi connectivity index (χ2v) is 5.73. The topological polar surface area (TPSA) is 95.7 Å². The second-order valence-electron chi connectivity index (χ2n) is 5.73. The molecule has 2 amide bonds. The summed E-state index contributed by atoms with van der Waals surface area (Å²) in [4.78, 5) is 24.9. The quantitative estimate of drug-likeness (QED) is 0.642. The van der Waals surface area contributed by atoms with Gasteiger partial charge in [0.2, 0.25) is 5.91 Å². The fourth-order valence-electron chi connectivity index (χ4n) is 2.74. The van der Waals surface area contributed by atoms with E-state index in [9.17, 15) is 14.7 Å². The van der Waals surface area contributed by atoms with Gasteiger partial charge >= 0.3 is 0 Å². The molecule has 1 aliphatic rings. The van der Waals surface area contributed by atoms with Crippen molar-refractivity contribution in [2.24, 2.45) is 5.73 Å². The third kappa shape index (κ3) is 4.29. The van der Waals surface area contributed by atoms with Gasteiger partial charge in [0.05, 0.1) is 6.54 Å². The normalized spacial score (nSPS) is 21.9. The largest absolute Gasteiger partial charge is 0.379 e. The zero-order valence-corrected chi connectivity index (χ0v) is 12.6. The summed E-state index contributed by atoms with van der Waals surface area (Å²) in [6, 6.07) is 9.94. The molecule has 0 unspecified atom stereocenters. The van der Waals surface area contributed by atoms with Gasteiger partial charge in [-0.05, 0) is 24.8 Å². The number of hydrogen-bond acceptors (Lipinski definition) is 4. The number of nitrogens with one attached hydrogen (secondary N) is 1. The lowest BCUT2D eigenvalue weighted by molar-refractivity contribution is -0.156. The zero-order chi connectivity index (χ0) is 16.0. The van der Waals surface area contributed by atoms with Crippen molar-refractivity contribution in [3.8, 4) is 0 Å². The molecule has 0 spiro atoms. The van der Waals surface area contributed by atoms with Gasteiger partial charge in [-0.15, -0.1) is 0 Å². The van der Waals surface area contributed by atoms with Crippen molar-refractivity contribution in [1.29, 1.82) is 0 Å². The van der Waals surface area contributed by atoms with E-state index >= 15 is 0 Å². The Kier molecular flexibility index (Phi) is 5.51. The summed E-state index contributed by atoms with van der Waals surface area (Å²) >= 11 is 0. The minimum absolute atomic E-state index is 0.0421. The lowest BCUT2D eigenvalue weighted by Crippen LogP contribution is -2.58.